The lowest BCUT2D eigenvalue weighted by molar-refractivity contribution is -0.135. The third-order valence-corrected chi connectivity index (χ3v) is 2.14. The fourth-order valence-electron chi connectivity index (χ4n) is 1.45. The molecule has 1 aliphatic rings. The third-order valence-electron chi connectivity index (χ3n) is 2.14. The van der Waals surface area contributed by atoms with Crippen molar-refractivity contribution in [1.82, 2.24) is 15.2 Å². The van der Waals surface area contributed by atoms with Crippen LogP contribution in [-0.2, 0) is 9.59 Å². The molecule has 1 saturated heterocycles. The Balaban J connectivity index is 2.16. The van der Waals surface area contributed by atoms with Crippen LogP contribution >= 0.6 is 0 Å². The van der Waals surface area contributed by atoms with E-state index < -0.39 is 11.8 Å². The van der Waals surface area contributed by atoms with Crippen LogP contribution in [0.15, 0.2) is 24.5 Å². The van der Waals surface area contributed by atoms with E-state index in [9.17, 15) is 14.4 Å². The molecule has 2 heterocycles. The van der Waals surface area contributed by atoms with Gasteiger partial charge < -0.3 is 4.90 Å². The van der Waals surface area contributed by atoms with E-state index in [1.807, 2.05) is 0 Å². The molecular formula is C10H9N3O3. The van der Waals surface area contributed by atoms with Crippen LogP contribution in [0.5, 0.6) is 0 Å². The first-order chi connectivity index (χ1) is 7.66. The van der Waals surface area contributed by atoms with Gasteiger partial charge in [0.15, 0.2) is 0 Å². The highest BCUT2D eigenvalue weighted by Crippen LogP contribution is 2.04. The molecule has 82 valence electrons. The second kappa shape index (κ2) is 4.09. The topological polar surface area (TPSA) is 79.4 Å². The van der Waals surface area contributed by atoms with Crippen molar-refractivity contribution in [3.63, 3.8) is 0 Å². The van der Waals surface area contributed by atoms with Crippen molar-refractivity contribution in [1.29, 1.82) is 0 Å². The second-order valence-corrected chi connectivity index (χ2v) is 3.37. The van der Waals surface area contributed by atoms with Gasteiger partial charge in [-0.05, 0) is 12.1 Å². The molecule has 1 aliphatic heterocycles. The van der Waals surface area contributed by atoms with E-state index >= 15 is 0 Å². The van der Waals surface area contributed by atoms with Crippen molar-refractivity contribution in [2.24, 2.45) is 0 Å². The SMILES string of the molecule is O=C1CN(C(=O)c2cccnc2)CC(=O)N1. The van der Waals surface area contributed by atoms with Crippen LogP contribution in [0.2, 0.25) is 0 Å². The zero-order valence-corrected chi connectivity index (χ0v) is 8.34. The highest BCUT2D eigenvalue weighted by molar-refractivity contribution is 6.05. The first-order valence-corrected chi connectivity index (χ1v) is 4.69. The lowest BCUT2D eigenvalue weighted by Crippen LogP contribution is -2.53. The van der Waals surface area contributed by atoms with E-state index in [-0.39, 0.29) is 19.0 Å². The van der Waals surface area contributed by atoms with Gasteiger partial charge in [-0.1, -0.05) is 0 Å². The van der Waals surface area contributed by atoms with Gasteiger partial charge in [0, 0.05) is 12.4 Å². The number of nitrogens with one attached hydrogen (secondary N) is 1. The zero-order valence-electron chi connectivity index (χ0n) is 8.34. The predicted molar refractivity (Wildman–Crippen MR) is 53.3 cm³/mol. The van der Waals surface area contributed by atoms with Crippen molar-refractivity contribution in [2.75, 3.05) is 13.1 Å². The lowest BCUT2D eigenvalue weighted by Gasteiger charge is -2.25. The Morgan fingerprint density at radius 2 is 2.00 bits per heavy atom. The average Bonchev–Trinajstić information content (AvgIpc) is 2.28. The number of carbonyl (C=O) groups is 3. The monoisotopic (exact) mass is 219 g/mol. The Kier molecular flexibility index (Phi) is 2.63. The fourth-order valence-corrected chi connectivity index (χ4v) is 1.45. The summed E-state index contributed by atoms with van der Waals surface area (Å²) in [7, 11) is 0. The van der Waals surface area contributed by atoms with Crippen molar-refractivity contribution in [3.05, 3.63) is 30.1 Å². The molecule has 1 aromatic heterocycles. The van der Waals surface area contributed by atoms with Gasteiger partial charge in [0.2, 0.25) is 11.8 Å². The van der Waals surface area contributed by atoms with E-state index in [0.29, 0.717) is 5.56 Å². The molecule has 1 fully saturated rings. The Morgan fingerprint density at radius 3 is 2.56 bits per heavy atom. The number of hydrogen-bond donors (Lipinski definition) is 1. The molecule has 6 heteroatoms. The van der Waals surface area contributed by atoms with Crippen molar-refractivity contribution >= 4 is 17.7 Å². The maximum atomic E-state index is 11.8. The smallest absolute Gasteiger partial charge is 0.256 e. The summed E-state index contributed by atoms with van der Waals surface area (Å²) in [5.41, 5.74) is 0.366. The number of pyridine rings is 1. The summed E-state index contributed by atoms with van der Waals surface area (Å²) in [6, 6.07) is 3.21. The molecule has 0 bridgehead atoms. The molecule has 0 aliphatic carbocycles. The summed E-state index contributed by atoms with van der Waals surface area (Å²) >= 11 is 0. The molecular weight excluding hydrogens is 210 g/mol. The summed E-state index contributed by atoms with van der Waals surface area (Å²) < 4.78 is 0. The highest BCUT2D eigenvalue weighted by Gasteiger charge is 2.26. The third kappa shape index (κ3) is 2.05. The van der Waals surface area contributed by atoms with Crippen LogP contribution in [0.4, 0.5) is 0 Å². The van der Waals surface area contributed by atoms with Gasteiger partial charge >= 0.3 is 0 Å². The van der Waals surface area contributed by atoms with Gasteiger partial charge in [0.05, 0.1) is 5.56 Å². The predicted octanol–water partition coefficient (Wildman–Crippen LogP) is -0.820. The molecule has 1 aromatic rings. The summed E-state index contributed by atoms with van der Waals surface area (Å²) in [6.07, 6.45) is 2.95. The van der Waals surface area contributed by atoms with Crippen molar-refractivity contribution in [2.45, 2.75) is 0 Å². The Hall–Kier alpha value is -2.24. The average molecular weight is 219 g/mol. The number of amides is 3. The standard InChI is InChI=1S/C10H9N3O3/c14-8-5-13(6-9(15)12-8)10(16)7-2-1-3-11-4-7/h1-4H,5-6H2,(H,12,14,15). The van der Waals surface area contributed by atoms with E-state index in [0.717, 1.165) is 0 Å². The van der Waals surface area contributed by atoms with Crippen LogP contribution in [0.1, 0.15) is 10.4 Å². The van der Waals surface area contributed by atoms with Gasteiger partial charge in [-0.25, -0.2) is 0 Å². The lowest BCUT2D eigenvalue weighted by atomic mass is 10.2. The van der Waals surface area contributed by atoms with Crippen LogP contribution in [0.3, 0.4) is 0 Å². The van der Waals surface area contributed by atoms with Gasteiger partial charge in [-0.3, -0.25) is 24.7 Å². The number of hydrogen-bond acceptors (Lipinski definition) is 4. The van der Waals surface area contributed by atoms with Crippen LogP contribution in [0.25, 0.3) is 0 Å². The summed E-state index contributed by atoms with van der Waals surface area (Å²) in [5, 5.41) is 2.13. The molecule has 0 unspecified atom stereocenters. The minimum Gasteiger partial charge on any atom is -0.320 e. The van der Waals surface area contributed by atoms with Crippen LogP contribution in [0, 0.1) is 0 Å². The molecule has 0 radical (unpaired) electrons. The summed E-state index contributed by atoms with van der Waals surface area (Å²) in [4.78, 5) is 39.0. The van der Waals surface area contributed by atoms with E-state index in [1.54, 1.807) is 18.3 Å². The van der Waals surface area contributed by atoms with Gasteiger partial charge in [0.25, 0.3) is 5.91 Å². The molecule has 16 heavy (non-hydrogen) atoms. The number of aromatic nitrogens is 1. The van der Waals surface area contributed by atoms with Crippen molar-refractivity contribution < 1.29 is 14.4 Å². The number of rotatable bonds is 1. The summed E-state index contributed by atoms with van der Waals surface area (Å²) in [5.74, 6) is -1.29. The van der Waals surface area contributed by atoms with Crippen molar-refractivity contribution in [3.8, 4) is 0 Å². The number of piperazine rings is 1. The second-order valence-electron chi connectivity index (χ2n) is 3.37. The normalized spacial score (nSPS) is 15.9. The molecule has 0 aromatic carbocycles. The largest absolute Gasteiger partial charge is 0.320 e. The maximum absolute atomic E-state index is 11.8. The van der Waals surface area contributed by atoms with Gasteiger partial charge in [-0.2, -0.15) is 0 Å². The van der Waals surface area contributed by atoms with Crippen LogP contribution in [-0.4, -0.2) is 40.7 Å². The molecule has 0 saturated carbocycles. The first-order valence-electron chi connectivity index (χ1n) is 4.69. The fraction of sp³-hybridized carbons (Fsp3) is 0.200. The number of nitrogens with zero attached hydrogens (tertiary/aromatic N) is 2. The zero-order chi connectivity index (χ0) is 11.5. The van der Waals surface area contributed by atoms with E-state index in [4.69, 9.17) is 0 Å². The molecule has 2 rings (SSSR count). The first kappa shape index (κ1) is 10.3. The van der Waals surface area contributed by atoms with E-state index in [1.165, 1.54) is 11.1 Å². The Labute approximate surface area is 91.3 Å². The Bertz CT molecular complexity index is 428. The molecule has 0 atom stereocenters. The summed E-state index contributed by atoms with van der Waals surface area (Å²) in [6.45, 7) is -0.196. The quantitative estimate of drug-likeness (QED) is 0.626. The molecule has 6 nitrogen and oxygen atoms in total. The van der Waals surface area contributed by atoms with Gasteiger partial charge in [0.1, 0.15) is 13.1 Å². The number of imide groups is 1. The molecule has 0 spiro atoms. The minimum absolute atomic E-state index is 0.0978. The molecule has 1 N–H and O–H groups in total. The molecule has 3 amide bonds. The Morgan fingerprint density at radius 1 is 1.31 bits per heavy atom. The van der Waals surface area contributed by atoms with Gasteiger partial charge in [-0.15, -0.1) is 0 Å². The van der Waals surface area contributed by atoms with Crippen LogP contribution < -0.4 is 5.32 Å². The minimum atomic E-state index is -0.464. The highest BCUT2D eigenvalue weighted by atomic mass is 16.2. The number of carbonyl (C=O) groups excluding carboxylic acids is 3. The van der Waals surface area contributed by atoms with E-state index in [2.05, 4.69) is 10.3 Å². The maximum Gasteiger partial charge on any atom is 0.256 e.